The van der Waals surface area contributed by atoms with Crippen molar-refractivity contribution in [3.05, 3.63) is 51.7 Å². The topological polar surface area (TPSA) is 110 Å². The molecule has 0 atom stereocenters. The van der Waals surface area contributed by atoms with E-state index >= 15 is 0 Å². The quantitative estimate of drug-likeness (QED) is 0.422. The van der Waals surface area contributed by atoms with Crippen molar-refractivity contribution in [1.29, 1.82) is 0 Å². The Morgan fingerprint density at radius 1 is 1.13 bits per heavy atom. The summed E-state index contributed by atoms with van der Waals surface area (Å²) >= 11 is 4.06. The van der Waals surface area contributed by atoms with Crippen molar-refractivity contribution in [3.63, 3.8) is 0 Å². The molecule has 1 aliphatic carbocycles. The van der Waals surface area contributed by atoms with Gasteiger partial charge in [-0.25, -0.2) is 4.39 Å². The van der Waals surface area contributed by atoms with Gasteiger partial charge in [0.15, 0.2) is 4.34 Å². The van der Waals surface area contributed by atoms with Gasteiger partial charge in [-0.05, 0) is 48.9 Å². The highest BCUT2D eigenvalue weighted by molar-refractivity contribution is 8.01. The number of aromatic nitrogens is 2. The average molecular weight is 478 g/mol. The number of anilines is 2. The molecule has 11 heteroatoms. The van der Waals surface area contributed by atoms with Gasteiger partial charge in [-0.1, -0.05) is 35.2 Å². The number of halogens is 1. The van der Waals surface area contributed by atoms with Crippen LogP contribution in [0, 0.1) is 5.82 Å². The number of thioether (sulfide) groups is 1. The number of fused-ring (bicyclic) bond motifs is 1. The van der Waals surface area contributed by atoms with Crippen LogP contribution in [0.3, 0.4) is 0 Å². The largest absolute Gasteiger partial charge is 0.365 e. The first-order chi connectivity index (χ1) is 15.0. The predicted octanol–water partition coefficient (Wildman–Crippen LogP) is 4.06. The molecule has 0 bridgehead atoms. The Kier molecular flexibility index (Phi) is 6.83. The Labute approximate surface area is 190 Å². The third-order valence-electron chi connectivity index (χ3n) is 4.76. The Balaban J connectivity index is 1.31. The molecule has 0 unspecified atom stereocenters. The van der Waals surface area contributed by atoms with E-state index < -0.39 is 5.91 Å². The summed E-state index contributed by atoms with van der Waals surface area (Å²) in [7, 11) is 0. The molecule has 4 rings (SSSR count). The standard InChI is InChI=1S/C20H20FN5O2S3/c21-12-7-5-11(6-8-12)9-23-19-25-26-20(31-19)29-10-15(27)24-18-16(17(22)28)13-3-1-2-4-14(13)30-18/h5-8H,1-4,9-10H2,(H2,22,28)(H,23,25)(H,24,27). The summed E-state index contributed by atoms with van der Waals surface area (Å²) < 4.78 is 13.6. The zero-order valence-electron chi connectivity index (χ0n) is 16.4. The molecule has 31 heavy (non-hydrogen) atoms. The average Bonchev–Trinajstić information content (AvgIpc) is 3.35. The minimum Gasteiger partial charge on any atom is -0.365 e. The van der Waals surface area contributed by atoms with Crippen LogP contribution in [0.25, 0.3) is 0 Å². The SMILES string of the molecule is NC(=O)c1c(NC(=O)CSc2nnc(NCc3ccc(F)cc3)s2)sc2c1CCCC2. The van der Waals surface area contributed by atoms with Crippen molar-refractivity contribution in [2.75, 3.05) is 16.4 Å². The number of primary amides is 1. The lowest BCUT2D eigenvalue weighted by atomic mass is 9.95. The van der Waals surface area contributed by atoms with Gasteiger partial charge in [0.25, 0.3) is 5.91 Å². The summed E-state index contributed by atoms with van der Waals surface area (Å²) in [6.45, 7) is 0.499. The zero-order chi connectivity index (χ0) is 21.8. The fourth-order valence-electron chi connectivity index (χ4n) is 3.32. The van der Waals surface area contributed by atoms with Gasteiger partial charge in [-0.15, -0.1) is 21.5 Å². The predicted molar refractivity (Wildman–Crippen MR) is 122 cm³/mol. The lowest BCUT2D eigenvalue weighted by molar-refractivity contribution is -0.113. The number of hydrogen-bond donors (Lipinski definition) is 3. The first-order valence-corrected chi connectivity index (χ1v) is 12.3. The number of aryl methyl sites for hydroxylation is 1. The van der Waals surface area contributed by atoms with E-state index in [2.05, 4.69) is 20.8 Å². The number of thiophene rings is 1. The van der Waals surface area contributed by atoms with Crippen LogP contribution in [0.1, 0.15) is 39.2 Å². The highest BCUT2D eigenvalue weighted by Crippen LogP contribution is 2.38. The second-order valence-electron chi connectivity index (χ2n) is 6.97. The van der Waals surface area contributed by atoms with E-state index in [-0.39, 0.29) is 17.5 Å². The molecule has 2 heterocycles. The molecule has 0 radical (unpaired) electrons. The maximum atomic E-state index is 13.0. The number of carbonyl (C=O) groups is 2. The summed E-state index contributed by atoms with van der Waals surface area (Å²) in [6.07, 6.45) is 3.86. The molecule has 162 valence electrons. The van der Waals surface area contributed by atoms with Crippen molar-refractivity contribution < 1.29 is 14.0 Å². The van der Waals surface area contributed by atoms with Crippen LogP contribution in [0.15, 0.2) is 28.6 Å². The normalized spacial score (nSPS) is 12.9. The second kappa shape index (κ2) is 9.75. The highest BCUT2D eigenvalue weighted by atomic mass is 32.2. The number of carbonyl (C=O) groups excluding carboxylic acids is 2. The van der Waals surface area contributed by atoms with Crippen molar-refractivity contribution >= 4 is 56.4 Å². The summed E-state index contributed by atoms with van der Waals surface area (Å²) in [5.74, 6) is -0.847. The number of nitrogens with one attached hydrogen (secondary N) is 2. The Hall–Kier alpha value is -2.50. The molecule has 0 spiro atoms. The number of hydrogen-bond acceptors (Lipinski definition) is 8. The third-order valence-corrected chi connectivity index (χ3v) is 7.98. The van der Waals surface area contributed by atoms with Crippen LogP contribution >= 0.6 is 34.4 Å². The number of amides is 2. The van der Waals surface area contributed by atoms with Crippen molar-refractivity contribution in [2.45, 2.75) is 36.6 Å². The maximum Gasteiger partial charge on any atom is 0.251 e. The summed E-state index contributed by atoms with van der Waals surface area (Å²) in [5, 5.41) is 15.3. The molecule has 4 N–H and O–H groups in total. The van der Waals surface area contributed by atoms with Crippen LogP contribution in [0.2, 0.25) is 0 Å². The molecular weight excluding hydrogens is 457 g/mol. The zero-order valence-corrected chi connectivity index (χ0v) is 18.9. The minimum atomic E-state index is -0.497. The van der Waals surface area contributed by atoms with E-state index in [9.17, 15) is 14.0 Å². The highest BCUT2D eigenvalue weighted by Gasteiger charge is 2.25. The molecule has 2 amide bonds. The summed E-state index contributed by atoms with van der Waals surface area (Å²) in [4.78, 5) is 25.5. The molecule has 7 nitrogen and oxygen atoms in total. The van der Waals surface area contributed by atoms with E-state index in [1.54, 1.807) is 12.1 Å². The van der Waals surface area contributed by atoms with Crippen LogP contribution in [-0.4, -0.2) is 27.8 Å². The Morgan fingerprint density at radius 3 is 2.68 bits per heavy atom. The fraction of sp³-hybridized carbons (Fsp3) is 0.300. The molecule has 2 aromatic heterocycles. The van der Waals surface area contributed by atoms with Gasteiger partial charge in [0.05, 0.1) is 11.3 Å². The van der Waals surface area contributed by atoms with Crippen molar-refractivity contribution in [2.24, 2.45) is 5.73 Å². The van der Waals surface area contributed by atoms with Crippen molar-refractivity contribution in [3.8, 4) is 0 Å². The van der Waals surface area contributed by atoms with Crippen LogP contribution in [0.4, 0.5) is 14.5 Å². The Morgan fingerprint density at radius 2 is 1.90 bits per heavy atom. The Bertz CT molecular complexity index is 1100. The number of rotatable bonds is 8. The van der Waals surface area contributed by atoms with Gasteiger partial charge in [0.1, 0.15) is 10.8 Å². The molecule has 1 aliphatic rings. The maximum absolute atomic E-state index is 13.0. The first kappa shape index (κ1) is 21.7. The third kappa shape index (κ3) is 5.41. The van der Waals surface area contributed by atoms with Gasteiger partial charge in [-0.3, -0.25) is 9.59 Å². The van der Waals surface area contributed by atoms with Gasteiger partial charge in [0.2, 0.25) is 11.0 Å². The molecule has 0 fully saturated rings. The second-order valence-corrected chi connectivity index (χ2v) is 10.3. The first-order valence-electron chi connectivity index (χ1n) is 9.68. The van der Waals surface area contributed by atoms with Crippen LogP contribution < -0.4 is 16.4 Å². The number of benzene rings is 1. The van der Waals surface area contributed by atoms with Crippen LogP contribution in [-0.2, 0) is 24.2 Å². The fourth-order valence-corrected chi connectivity index (χ4v) is 6.18. The van der Waals surface area contributed by atoms with E-state index in [0.717, 1.165) is 41.7 Å². The molecule has 0 saturated carbocycles. The molecule has 1 aromatic carbocycles. The van der Waals surface area contributed by atoms with E-state index in [1.165, 1.54) is 46.6 Å². The van der Waals surface area contributed by atoms with Gasteiger partial charge >= 0.3 is 0 Å². The van der Waals surface area contributed by atoms with Crippen molar-refractivity contribution in [1.82, 2.24) is 10.2 Å². The number of nitrogens with zero attached hydrogens (tertiary/aromatic N) is 2. The van der Waals surface area contributed by atoms with E-state index in [1.807, 2.05) is 0 Å². The van der Waals surface area contributed by atoms with Gasteiger partial charge < -0.3 is 16.4 Å². The molecular formula is C20H20FN5O2S3. The number of nitrogens with two attached hydrogens (primary N) is 1. The smallest absolute Gasteiger partial charge is 0.251 e. The lowest BCUT2D eigenvalue weighted by Crippen LogP contribution is -2.19. The van der Waals surface area contributed by atoms with Crippen LogP contribution in [0.5, 0.6) is 0 Å². The van der Waals surface area contributed by atoms with Gasteiger partial charge in [0, 0.05) is 11.4 Å². The van der Waals surface area contributed by atoms with E-state index in [4.69, 9.17) is 5.73 Å². The molecule has 0 aliphatic heterocycles. The van der Waals surface area contributed by atoms with E-state index in [0.29, 0.717) is 26.6 Å². The lowest BCUT2D eigenvalue weighted by Gasteiger charge is -2.11. The summed E-state index contributed by atoms with van der Waals surface area (Å²) in [6, 6.07) is 6.22. The minimum absolute atomic E-state index is 0.146. The summed E-state index contributed by atoms with van der Waals surface area (Å²) in [5.41, 5.74) is 7.95. The van der Waals surface area contributed by atoms with Gasteiger partial charge in [-0.2, -0.15) is 0 Å². The molecule has 3 aromatic rings. The monoisotopic (exact) mass is 477 g/mol. The molecule has 0 saturated heterocycles.